The summed E-state index contributed by atoms with van der Waals surface area (Å²) < 4.78 is 1.98. The molecule has 23 heavy (non-hydrogen) atoms. The molecule has 4 aromatic rings. The molecule has 0 aliphatic carbocycles. The molecule has 0 bridgehead atoms. The SMILES string of the molecule is O=c1[nH]cnc2c1cc(-c1ccc(Cl)cc1)n2-c1ccccc1. The minimum absolute atomic E-state index is 0.153. The zero-order valence-corrected chi connectivity index (χ0v) is 12.8. The Kier molecular flexibility index (Phi) is 3.24. The Bertz CT molecular complexity index is 1030. The summed E-state index contributed by atoms with van der Waals surface area (Å²) >= 11 is 5.99. The maximum atomic E-state index is 12.1. The number of halogens is 1. The van der Waals surface area contributed by atoms with Gasteiger partial charge in [-0.2, -0.15) is 0 Å². The van der Waals surface area contributed by atoms with Crippen molar-refractivity contribution in [1.82, 2.24) is 14.5 Å². The highest BCUT2D eigenvalue weighted by atomic mass is 35.5. The molecule has 0 radical (unpaired) electrons. The molecule has 0 amide bonds. The number of hydrogen-bond acceptors (Lipinski definition) is 2. The van der Waals surface area contributed by atoms with Crippen LogP contribution in [0, 0.1) is 0 Å². The van der Waals surface area contributed by atoms with E-state index in [2.05, 4.69) is 9.97 Å². The van der Waals surface area contributed by atoms with Crippen LogP contribution in [0.3, 0.4) is 0 Å². The highest BCUT2D eigenvalue weighted by Gasteiger charge is 2.15. The fourth-order valence-electron chi connectivity index (χ4n) is 2.70. The molecule has 5 heteroatoms. The van der Waals surface area contributed by atoms with Crippen LogP contribution >= 0.6 is 11.6 Å². The van der Waals surface area contributed by atoms with Crippen LogP contribution in [0.1, 0.15) is 0 Å². The zero-order chi connectivity index (χ0) is 15.8. The molecular formula is C18H12ClN3O. The van der Waals surface area contributed by atoms with Crippen LogP contribution in [0.25, 0.3) is 28.0 Å². The number of nitrogens with one attached hydrogen (secondary N) is 1. The van der Waals surface area contributed by atoms with E-state index in [4.69, 9.17) is 11.6 Å². The van der Waals surface area contributed by atoms with Crippen molar-refractivity contribution in [2.75, 3.05) is 0 Å². The van der Waals surface area contributed by atoms with Gasteiger partial charge in [-0.1, -0.05) is 41.9 Å². The maximum Gasteiger partial charge on any atom is 0.260 e. The summed E-state index contributed by atoms with van der Waals surface area (Å²) in [5, 5.41) is 1.23. The van der Waals surface area contributed by atoms with E-state index in [9.17, 15) is 4.79 Å². The van der Waals surface area contributed by atoms with Crippen molar-refractivity contribution in [3.05, 3.63) is 82.4 Å². The van der Waals surface area contributed by atoms with Crippen LogP contribution in [0.5, 0.6) is 0 Å². The Morgan fingerprint density at radius 2 is 1.74 bits per heavy atom. The number of fused-ring (bicyclic) bond motifs is 1. The summed E-state index contributed by atoms with van der Waals surface area (Å²) in [4.78, 5) is 19.1. The lowest BCUT2D eigenvalue weighted by Crippen LogP contribution is -2.06. The zero-order valence-electron chi connectivity index (χ0n) is 12.0. The first-order valence-corrected chi connectivity index (χ1v) is 7.52. The smallest absolute Gasteiger partial charge is 0.260 e. The van der Waals surface area contributed by atoms with Gasteiger partial charge < -0.3 is 4.98 Å². The van der Waals surface area contributed by atoms with Gasteiger partial charge in [0.25, 0.3) is 5.56 Å². The molecule has 0 unspecified atom stereocenters. The summed E-state index contributed by atoms with van der Waals surface area (Å²) in [6.45, 7) is 0. The van der Waals surface area contributed by atoms with Gasteiger partial charge in [0.1, 0.15) is 0 Å². The van der Waals surface area contributed by atoms with Crippen molar-refractivity contribution in [3.8, 4) is 16.9 Å². The lowest BCUT2D eigenvalue weighted by molar-refractivity contribution is 1.07. The van der Waals surface area contributed by atoms with E-state index in [1.165, 1.54) is 6.33 Å². The Morgan fingerprint density at radius 3 is 2.48 bits per heavy atom. The normalized spacial score (nSPS) is 11.0. The fourth-order valence-corrected chi connectivity index (χ4v) is 2.82. The Morgan fingerprint density at radius 1 is 1.00 bits per heavy atom. The van der Waals surface area contributed by atoms with Gasteiger partial charge in [0.2, 0.25) is 0 Å². The second kappa shape index (κ2) is 5.41. The van der Waals surface area contributed by atoms with Crippen LogP contribution in [0.15, 0.2) is 71.8 Å². The standard InChI is InChI=1S/C18H12ClN3O/c19-13-8-6-12(7-9-13)16-10-15-17(20-11-21-18(15)23)22(16)14-4-2-1-3-5-14/h1-11H,(H,20,21,23). The van der Waals surface area contributed by atoms with Gasteiger partial charge in [-0.15, -0.1) is 0 Å². The van der Waals surface area contributed by atoms with Crippen molar-refractivity contribution < 1.29 is 0 Å². The van der Waals surface area contributed by atoms with Gasteiger partial charge >= 0.3 is 0 Å². The molecule has 2 aromatic heterocycles. The van der Waals surface area contributed by atoms with E-state index >= 15 is 0 Å². The van der Waals surface area contributed by atoms with Crippen molar-refractivity contribution in [3.63, 3.8) is 0 Å². The fraction of sp³-hybridized carbons (Fsp3) is 0. The molecule has 0 aliphatic rings. The summed E-state index contributed by atoms with van der Waals surface area (Å²) in [5.74, 6) is 0. The number of para-hydroxylation sites is 1. The second-order valence-electron chi connectivity index (χ2n) is 5.18. The Hall–Kier alpha value is -2.85. The topological polar surface area (TPSA) is 50.7 Å². The third-order valence-corrected chi connectivity index (χ3v) is 4.01. The quantitative estimate of drug-likeness (QED) is 0.606. The van der Waals surface area contributed by atoms with Gasteiger partial charge in [-0.05, 0) is 35.9 Å². The van der Waals surface area contributed by atoms with Crippen molar-refractivity contribution in [2.24, 2.45) is 0 Å². The maximum absolute atomic E-state index is 12.1. The number of H-pyrrole nitrogens is 1. The third-order valence-electron chi connectivity index (χ3n) is 3.76. The Labute approximate surface area is 137 Å². The first kappa shape index (κ1) is 13.8. The summed E-state index contributed by atoms with van der Waals surface area (Å²) in [5.41, 5.74) is 3.29. The second-order valence-corrected chi connectivity index (χ2v) is 5.61. The molecule has 0 spiro atoms. The predicted molar refractivity (Wildman–Crippen MR) is 92.1 cm³/mol. The van der Waals surface area contributed by atoms with E-state index in [-0.39, 0.29) is 5.56 Å². The van der Waals surface area contributed by atoms with Gasteiger partial charge in [-0.3, -0.25) is 9.36 Å². The number of benzene rings is 2. The minimum Gasteiger partial charge on any atom is -0.313 e. The van der Waals surface area contributed by atoms with E-state index in [1.807, 2.05) is 65.2 Å². The van der Waals surface area contributed by atoms with Gasteiger partial charge in [0.15, 0.2) is 5.65 Å². The molecule has 0 saturated carbocycles. The third kappa shape index (κ3) is 2.33. The lowest BCUT2D eigenvalue weighted by atomic mass is 10.1. The van der Waals surface area contributed by atoms with Crippen LogP contribution in [0.4, 0.5) is 0 Å². The summed E-state index contributed by atoms with van der Waals surface area (Å²) in [7, 11) is 0. The molecule has 1 N–H and O–H groups in total. The largest absolute Gasteiger partial charge is 0.313 e. The molecule has 0 fully saturated rings. The number of hydrogen-bond donors (Lipinski definition) is 1. The molecular weight excluding hydrogens is 310 g/mol. The predicted octanol–water partition coefficient (Wildman–Crippen LogP) is 4.03. The van der Waals surface area contributed by atoms with E-state index in [0.717, 1.165) is 16.9 Å². The molecule has 4 rings (SSSR count). The van der Waals surface area contributed by atoms with Crippen LogP contribution in [-0.2, 0) is 0 Å². The average Bonchev–Trinajstić information content (AvgIpc) is 2.97. The first-order valence-electron chi connectivity index (χ1n) is 7.14. The number of rotatable bonds is 2. The first-order chi connectivity index (χ1) is 11.2. The highest BCUT2D eigenvalue weighted by molar-refractivity contribution is 6.30. The van der Waals surface area contributed by atoms with E-state index in [1.54, 1.807) is 0 Å². The average molecular weight is 322 g/mol. The molecule has 0 atom stereocenters. The summed E-state index contributed by atoms with van der Waals surface area (Å²) in [6.07, 6.45) is 1.43. The minimum atomic E-state index is -0.153. The van der Waals surface area contributed by atoms with Crippen molar-refractivity contribution in [2.45, 2.75) is 0 Å². The van der Waals surface area contributed by atoms with Gasteiger partial charge in [0, 0.05) is 10.7 Å². The lowest BCUT2D eigenvalue weighted by Gasteiger charge is -2.10. The molecule has 2 heterocycles. The highest BCUT2D eigenvalue weighted by Crippen LogP contribution is 2.29. The number of nitrogens with zero attached hydrogens (tertiary/aromatic N) is 2. The number of aromatic nitrogens is 3. The van der Waals surface area contributed by atoms with Crippen LogP contribution in [0.2, 0.25) is 5.02 Å². The monoisotopic (exact) mass is 321 g/mol. The molecule has 4 nitrogen and oxygen atoms in total. The van der Waals surface area contributed by atoms with Crippen LogP contribution < -0.4 is 5.56 Å². The molecule has 0 aliphatic heterocycles. The van der Waals surface area contributed by atoms with Crippen molar-refractivity contribution >= 4 is 22.6 Å². The molecule has 2 aromatic carbocycles. The van der Waals surface area contributed by atoms with Gasteiger partial charge in [0.05, 0.1) is 17.4 Å². The molecule has 112 valence electrons. The van der Waals surface area contributed by atoms with E-state index < -0.39 is 0 Å². The Balaban J connectivity index is 2.09. The van der Waals surface area contributed by atoms with Gasteiger partial charge in [-0.25, -0.2) is 4.98 Å². The molecule has 0 saturated heterocycles. The number of aromatic amines is 1. The van der Waals surface area contributed by atoms with E-state index in [0.29, 0.717) is 16.1 Å². The summed E-state index contributed by atoms with van der Waals surface area (Å²) in [6, 6.07) is 19.2. The van der Waals surface area contributed by atoms with Crippen LogP contribution in [-0.4, -0.2) is 14.5 Å². The van der Waals surface area contributed by atoms with Crippen molar-refractivity contribution in [1.29, 1.82) is 0 Å².